The van der Waals surface area contributed by atoms with Crippen molar-refractivity contribution in [3.63, 3.8) is 0 Å². The fourth-order valence-corrected chi connectivity index (χ4v) is 2.80. The number of aryl methyl sites for hydroxylation is 1. The summed E-state index contributed by atoms with van der Waals surface area (Å²) in [6, 6.07) is 20.6. The highest BCUT2D eigenvalue weighted by Gasteiger charge is 2.14. The molecule has 0 fully saturated rings. The van der Waals surface area contributed by atoms with Crippen LogP contribution in [0.1, 0.15) is 22.8 Å². The number of aliphatic hydroxyl groups excluding tert-OH is 1. The van der Waals surface area contributed by atoms with Crippen molar-refractivity contribution in [3.8, 4) is 5.75 Å². The number of anilines is 1. The Labute approximate surface area is 169 Å². The Morgan fingerprint density at radius 3 is 2.55 bits per heavy atom. The average Bonchev–Trinajstić information content (AvgIpc) is 2.73. The second kappa shape index (κ2) is 9.71. The molecule has 3 aromatic rings. The molecule has 0 heterocycles. The number of carbonyl (C=O) groups excluding carboxylic acids is 1. The van der Waals surface area contributed by atoms with Crippen molar-refractivity contribution in [2.24, 2.45) is 0 Å². The van der Waals surface area contributed by atoms with Crippen LogP contribution in [0.3, 0.4) is 0 Å². The van der Waals surface area contributed by atoms with E-state index < -0.39 is 18.0 Å². The first-order valence-corrected chi connectivity index (χ1v) is 9.27. The van der Waals surface area contributed by atoms with Crippen molar-refractivity contribution in [3.05, 3.63) is 95.3 Å². The van der Waals surface area contributed by atoms with Gasteiger partial charge in [0.15, 0.2) is 0 Å². The lowest BCUT2D eigenvalue weighted by atomic mass is 10.1. The maximum Gasteiger partial charge on any atom is 0.319 e. The number of aliphatic hydroxyl groups is 1. The Morgan fingerprint density at radius 1 is 1.07 bits per heavy atom. The number of rotatable bonds is 7. The van der Waals surface area contributed by atoms with Gasteiger partial charge in [-0.25, -0.2) is 9.18 Å². The van der Waals surface area contributed by atoms with Gasteiger partial charge < -0.3 is 20.5 Å². The van der Waals surface area contributed by atoms with E-state index in [1.807, 2.05) is 49.4 Å². The van der Waals surface area contributed by atoms with Crippen molar-refractivity contribution in [1.29, 1.82) is 0 Å². The molecule has 5 nitrogen and oxygen atoms in total. The number of hydrogen-bond acceptors (Lipinski definition) is 3. The normalized spacial score (nSPS) is 11.6. The van der Waals surface area contributed by atoms with E-state index in [1.54, 1.807) is 18.2 Å². The van der Waals surface area contributed by atoms with E-state index in [0.29, 0.717) is 18.0 Å². The van der Waals surface area contributed by atoms with E-state index >= 15 is 0 Å². The molecular weight excluding hydrogens is 371 g/mol. The van der Waals surface area contributed by atoms with Gasteiger partial charge in [0, 0.05) is 12.1 Å². The molecule has 150 valence electrons. The molecule has 0 aliphatic carbocycles. The largest absolute Gasteiger partial charge is 0.487 e. The summed E-state index contributed by atoms with van der Waals surface area (Å²) in [5.74, 6) is 0.0241. The van der Waals surface area contributed by atoms with E-state index in [1.165, 1.54) is 12.1 Å². The topological polar surface area (TPSA) is 70.6 Å². The average molecular weight is 394 g/mol. The first-order valence-electron chi connectivity index (χ1n) is 9.27. The SMILES string of the molecule is Cc1ccc(NC(=O)NCC(O)c2ccccc2F)c(OCc2ccccc2)c1. The molecule has 0 aliphatic heterocycles. The molecule has 1 atom stereocenters. The molecule has 0 saturated heterocycles. The Balaban J connectivity index is 1.60. The summed E-state index contributed by atoms with van der Waals surface area (Å²) in [4.78, 5) is 12.3. The fourth-order valence-electron chi connectivity index (χ4n) is 2.80. The molecule has 29 heavy (non-hydrogen) atoms. The molecule has 3 aromatic carbocycles. The maximum atomic E-state index is 13.7. The van der Waals surface area contributed by atoms with Gasteiger partial charge in [0.1, 0.15) is 18.2 Å². The van der Waals surface area contributed by atoms with E-state index in [0.717, 1.165) is 11.1 Å². The van der Waals surface area contributed by atoms with E-state index in [9.17, 15) is 14.3 Å². The summed E-state index contributed by atoms with van der Waals surface area (Å²) in [5.41, 5.74) is 2.64. The Hall–Kier alpha value is -3.38. The van der Waals surface area contributed by atoms with Crippen LogP contribution < -0.4 is 15.4 Å². The third-order valence-electron chi connectivity index (χ3n) is 4.34. The van der Waals surface area contributed by atoms with Crippen LogP contribution in [-0.2, 0) is 6.61 Å². The summed E-state index contributed by atoms with van der Waals surface area (Å²) in [7, 11) is 0. The van der Waals surface area contributed by atoms with Crippen LogP contribution in [-0.4, -0.2) is 17.7 Å². The molecule has 2 amide bonds. The monoisotopic (exact) mass is 394 g/mol. The van der Waals surface area contributed by atoms with Crippen molar-refractivity contribution in [1.82, 2.24) is 5.32 Å². The Bertz CT molecular complexity index is 963. The highest BCUT2D eigenvalue weighted by Crippen LogP contribution is 2.26. The van der Waals surface area contributed by atoms with Crippen LogP contribution in [0, 0.1) is 12.7 Å². The lowest BCUT2D eigenvalue weighted by Crippen LogP contribution is -2.32. The van der Waals surface area contributed by atoms with Gasteiger partial charge in [0.2, 0.25) is 0 Å². The predicted molar refractivity (Wildman–Crippen MR) is 110 cm³/mol. The zero-order valence-corrected chi connectivity index (χ0v) is 16.1. The fraction of sp³-hybridized carbons (Fsp3) is 0.174. The second-order valence-corrected chi connectivity index (χ2v) is 6.65. The molecule has 0 saturated carbocycles. The lowest BCUT2D eigenvalue weighted by Gasteiger charge is -2.16. The molecule has 6 heteroatoms. The van der Waals surface area contributed by atoms with Crippen molar-refractivity contribution < 1.29 is 19.0 Å². The smallest absolute Gasteiger partial charge is 0.319 e. The zero-order chi connectivity index (χ0) is 20.6. The number of benzene rings is 3. The molecule has 0 aromatic heterocycles. The number of hydrogen-bond donors (Lipinski definition) is 3. The van der Waals surface area contributed by atoms with Crippen LogP contribution in [0.5, 0.6) is 5.75 Å². The minimum Gasteiger partial charge on any atom is -0.487 e. The molecule has 0 radical (unpaired) electrons. The number of urea groups is 1. The summed E-state index contributed by atoms with van der Waals surface area (Å²) < 4.78 is 19.6. The number of amides is 2. The van der Waals surface area contributed by atoms with Gasteiger partial charge in [-0.05, 0) is 36.2 Å². The maximum absolute atomic E-state index is 13.7. The number of carbonyl (C=O) groups is 1. The molecular formula is C23H23FN2O3. The van der Waals surface area contributed by atoms with E-state index in [2.05, 4.69) is 10.6 Å². The van der Waals surface area contributed by atoms with Crippen LogP contribution in [0.15, 0.2) is 72.8 Å². The Morgan fingerprint density at radius 2 is 1.79 bits per heavy atom. The van der Waals surface area contributed by atoms with E-state index in [4.69, 9.17) is 4.74 Å². The minimum atomic E-state index is -1.14. The van der Waals surface area contributed by atoms with Gasteiger partial charge in [-0.3, -0.25) is 0 Å². The van der Waals surface area contributed by atoms with Crippen LogP contribution in [0.4, 0.5) is 14.9 Å². The molecule has 3 N–H and O–H groups in total. The highest BCUT2D eigenvalue weighted by atomic mass is 19.1. The van der Waals surface area contributed by atoms with Crippen molar-refractivity contribution >= 4 is 11.7 Å². The zero-order valence-electron chi connectivity index (χ0n) is 16.1. The van der Waals surface area contributed by atoms with Gasteiger partial charge >= 0.3 is 6.03 Å². The summed E-state index contributed by atoms with van der Waals surface area (Å²) in [6.07, 6.45) is -1.14. The summed E-state index contributed by atoms with van der Waals surface area (Å²) in [6.45, 7) is 2.18. The first kappa shape index (κ1) is 20.4. The molecule has 0 bridgehead atoms. The standard InChI is InChI=1S/C23H23FN2O3/c1-16-11-12-20(22(13-16)29-15-17-7-3-2-4-8-17)26-23(28)25-14-21(27)18-9-5-6-10-19(18)24/h2-13,21,27H,14-15H2,1H3,(H2,25,26,28). The quantitative estimate of drug-likeness (QED) is 0.550. The lowest BCUT2D eigenvalue weighted by molar-refractivity contribution is 0.170. The third-order valence-corrected chi connectivity index (χ3v) is 4.34. The second-order valence-electron chi connectivity index (χ2n) is 6.65. The number of nitrogens with one attached hydrogen (secondary N) is 2. The Kier molecular flexibility index (Phi) is 6.81. The van der Waals surface area contributed by atoms with Gasteiger partial charge in [-0.15, -0.1) is 0 Å². The highest BCUT2D eigenvalue weighted by molar-refractivity contribution is 5.91. The van der Waals surface area contributed by atoms with Crippen molar-refractivity contribution in [2.75, 3.05) is 11.9 Å². The van der Waals surface area contributed by atoms with Gasteiger partial charge in [0.05, 0.1) is 11.8 Å². The molecule has 0 aliphatic rings. The molecule has 3 rings (SSSR count). The van der Waals surface area contributed by atoms with Crippen LogP contribution >= 0.6 is 0 Å². The molecule has 0 spiro atoms. The first-order chi connectivity index (χ1) is 14.0. The number of halogens is 1. The van der Waals surface area contributed by atoms with E-state index in [-0.39, 0.29) is 12.1 Å². The predicted octanol–water partition coefficient (Wildman–Crippen LogP) is 4.57. The summed E-state index contributed by atoms with van der Waals surface area (Å²) in [5, 5.41) is 15.4. The minimum absolute atomic E-state index is 0.126. The molecule has 1 unspecified atom stereocenters. The van der Waals surface area contributed by atoms with Crippen LogP contribution in [0.25, 0.3) is 0 Å². The van der Waals surface area contributed by atoms with Gasteiger partial charge in [0.25, 0.3) is 0 Å². The van der Waals surface area contributed by atoms with Crippen molar-refractivity contribution in [2.45, 2.75) is 19.6 Å². The summed E-state index contributed by atoms with van der Waals surface area (Å²) >= 11 is 0. The van der Waals surface area contributed by atoms with Gasteiger partial charge in [-0.1, -0.05) is 54.6 Å². The van der Waals surface area contributed by atoms with Crippen LogP contribution in [0.2, 0.25) is 0 Å². The van der Waals surface area contributed by atoms with Gasteiger partial charge in [-0.2, -0.15) is 0 Å². The third kappa shape index (κ3) is 5.80. The number of ether oxygens (including phenoxy) is 1.